The number of aliphatic carboxylic acids is 2. The molecule has 0 aliphatic carbocycles. The van der Waals surface area contributed by atoms with Crippen molar-refractivity contribution in [3.63, 3.8) is 0 Å². The van der Waals surface area contributed by atoms with Crippen LogP contribution in [0.4, 0.5) is 0 Å². The molecule has 0 heterocycles. The van der Waals surface area contributed by atoms with E-state index in [4.69, 9.17) is 4.74 Å². The van der Waals surface area contributed by atoms with Crippen molar-refractivity contribution in [1.82, 2.24) is 0 Å². The number of carbonyl (C=O) groups excluding carboxylic acids is 4. The molecule has 0 aromatic rings. The van der Waals surface area contributed by atoms with Gasteiger partial charge in [-0.25, -0.2) is 0 Å². The lowest BCUT2D eigenvalue weighted by atomic mass is 9.72. The highest BCUT2D eigenvalue weighted by atomic mass is 16.5. The molecular weight excluding hydrogens is 544 g/mol. The molecule has 0 amide bonds. The van der Waals surface area contributed by atoms with E-state index in [-0.39, 0.29) is 31.0 Å². The zero-order valence-electron chi connectivity index (χ0n) is 26.8. The number of unbranched alkanes of at least 4 members (excludes halogenated alkanes) is 2. The summed E-state index contributed by atoms with van der Waals surface area (Å²) in [5.74, 6) is -3.52. The number of ketones is 2. The number of carbonyl (C=O) groups is 6. The zero-order chi connectivity index (χ0) is 32.6. The third-order valence-corrected chi connectivity index (χ3v) is 7.35. The Morgan fingerprint density at radius 2 is 1.10 bits per heavy atom. The van der Waals surface area contributed by atoms with Crippen molar-refractivity contribution in [2.45, 2.75) is 138 Å². The second-order valence-electron chi connectivity index (χ2n) is 10.6. The maximum atomic E-state index is 13.1. The van der Waals surface area contributed by atoms with Crippen LogP contribution in [0.2, 0.25) is 0 Å². The molecule has 2 N–H and O–H groups in total. The van der Waals surface area contributed by atoms with Crippen LogP contribution in [-0.2, 0) is 38.2 Å². The van der Waals surface area contributed by atoms with Crippen LogP contribution in [0.15, 0.2) is 0 Å². The predicted molar refractivity (Wildman–Crippen MR) is 160 cm³/mol. The highest BCUT2D eigenvalue weighted by Gasteiger charge is 2.45. The minimum atomic E-state index is -1.22. The third-order valence-electron chi connectivity index (χ3n) is 7.35. The second kappa shape index (κ2) is 24.8. The molecule has 42 heavy (non-hydrogen) atoms. The van der Waals surface area contributed by atoms with Crippen molar-refractivity contribution in [3.05, 3.63) is 0 Å². The Morgan fingerprint density at radius 3 is 1.45 bits per heavy atom. The number of esters is 2. The van der Waals surface area contributed by atoms with E-state index in [1.165, 1.54) is 0 Å². The summed E-state index contributed by atoms with van der Waals surface area (Å²) >= 11 is 0. The number of hydrogen-bond acceptors (Lipinski definition) is 8. The van der Waals surface area contributed by atoms with Crippen molar-refractivity contribution < 1.29 is 48.5 Å². The average molecular weight is 601 g/mol. The fourth-order valence-corrected chi connectivity index (χ4v) is 4.84. The molecule has 10 heteroatoms. The summed E-state index contributed by atoms with van der Waals surface area (Å²) < 4.78 is 9.90. The van der Waals surface area contributed by atoms with E-state index >= 15 is 0 Å². The Morgan fingerprint density at radius 1 is 0.643 bits per heavy atom. The van der Waals surface area contributed by atoms with Crippen LogP contribution < -0.4 is 0 Å². The highest BCUT2D eigenvalue weighted by Crippen LogP contribution is 2.37. The first-order valence-electron chi connectivity index (χ1n) is 15.7. The molecule has 0 rings (SSSR count). The summed E-state index contributed by atoms with van der Waals surface area (Å²) in [6.45, 7) is 11.5. The van der Waals surface area contributed by atoms with Gasteiger partial charge in [0.2, 0.25) is 0 Å². The molecule has 2 atom stereocenters. The summed E-state index contributed by atoms with van der Waals surface area (Å²) in [6, 6.07) is 0. The van der Waals surface area contributed by atoms with E-state index in [9.17, 15) is 39.0 Å². The lowest BCUT2D eigenvalue weighted by Gasteiger charge is -2.30. The summed E-state index contributed by atoms with van der Waals surface area (Å²) in [5, 5.41) is 18.5. The van der Waals surface area contributed by atoms with Gasteiger partial charge < -0.3 is 19.7 Å². The van der Waals surface area contributed by atoms with Gasteiger partial charge in [0.15, 0.2) is 0 Å². The quantitative estimate of drug-likeness (QED) is 0.0705. The molecule has 0 saturated heterocycles. The summed E-state index contributed by atoms with van der Waals surface area (Å²) in [5.41, 5.74) is -1.22. The van der Waals surface area contributed by atoms with Gasteiger partial charge in [0.05, 0.1) is 25.0 Å². The van der Waals surface area contributed by atoms with Gasteiger partial charge in [0.1, 0.15) is 23.4 Å². The van der Waals surface area contributed by atoms with E-state index in [0.717, 1.165) is 6.42 Å². The van der Waals surface area contributed by atoms with E-state index in [1.807, 2.05) is 27.7 Å². The largest absolute Gasteiger partial charge is 0.481 e. The Balaban J connectivity index is 0. The zero-order valence-corrected chi connectivity index (χ0v) is 26.8. The maximum absolute atomic E-state index is 13.1. The molecule has 2 unspecified atom stereocenters. The van der Waals surface area contributed by atoms with Crippen LogP contribution in [0.1, 0.15) is 138 Å². The number of carboxylic acids is 2. The van der Waals surface area contributed by atoms with Gasteiger partial charge >= 0.3 is 23.9 Å². The van der Waals surface area contributed by atoms with Gasteiger partial charge in [-0.05, 0) is 65.2 Å². The smallest absolute Gasteiger partial charge is 0.319 e. The molecule has 0 bridgehead atoms. The van der Waals surface area contributed by atoms with Gasteiger partial charge in [0, 0.05) is 12.8 Å². The first-order valence-corrected chi connectivity index (χ1v) is 15.7. The highest BCUT2D eigenvalue weighted by molar-refractivity contribution is 6.03. The fraction of sp³-hybridized carbons (Fsp3) is 0.812. The van der Waals surface area contributed by atoms with Crippen LogP contribution in [0, 0.1) is 17.3 Å². The van der Waals surface area contributed by atoms with E-state index in [1.54, 1.807) is 13.8 Å². The number of carboxylic acid groups (broad SMARTS) is 2. The van der Waals surface area contributed by atoms with Crippen LogP contribution in [-0.4, -0.2) is 58.9 Å². The summed E-state index contributed by atoms with van der Waals surface area (Å²) in [7, 11) is 0. The van der Waals surface area contributed by atoms with Crippen molar-refractivity contribution in [2.75, 3.05) is 13.2 Å². The van der Waals surface area contributed by atoms with Crippen molar-refractivity contribution in [2.24, 2.45) is 17.3 Å². The molecule has 0 saturated carbocycles. The van der Waals surface area contributed by atoms with Crippen LogP contribution in [0.5, 0.6) is 0 Å². The molecule has 0 aliphatic heterocycles. The van der Waals surface area contributed by atoms with Crippen LogP contribution >= 0.6 is 0 Å². The molecule has 0 fully saturated rings. The van der Waals surface area contributed by atoms with Crippen LogP contribution in [0.25, 0.3) is 0 Å². The number of rotatable bonds is 24. The van der Waals surface area contributed by atoms with Gasteiger partial charge in [-0.15, -0.1) is 0 Å². The first-order chi connectivity index (χ1) is 19.9. The predicted octanol–water partition coefficient (Wildman–Crippen LogP) is 6.56. The van der Waals surface area contributed by atoms with Gasteiger partial charge in [-0.2, -0.15) is 0 Å². The number of ether oxygens (including phenoxy) is 2. The molecule has 244 valence electrons. The second-order valence-corrected chi connectivity index (χ2v) is 10.6. The molecule has 0 aromatic carbocycles. The lowest BCUT2D eigenvalue weighted by Crippen LogP contribution is -2.41. The van der Waals surface area contributed by atoms with Crippen molar-refractivity contribution in [1.29, 1.82) is 0 Å². The minimum Gasteiger partial charge on any atom is -0.481 e. The fourth-order valence-electron chi connectivity index (χ4n) is 4.84. The Bertz CT molecular complexity index is 754. The maximum Gasteiger partial charge on any atom is 0.319 e. The number of Topliss-reactive ketones (excluding diaryl/α,β-unsaturated/α-hetero) is 2. The topological polar surface area (TPSA) is 161 Å². The SMILES string of the molecule is CCCC(=O)C(CCCCC(CC)C(=O)O)(CCCCC(CC)C(=O)O)C(=O)OCC.CCCC(=O)CC(=O)OCC. The lowest BCUT2D eigenvalue weighted by molar-refractivity contribution is -0.162. The monoisotopic (exact) mass is 600 g/mol. The average Bonchev–Trinajstić information content (AvgIpc) is 2.92. The normalized spacial score (nSPS) is 13.5. The summed E-state index contributed by atoms with van der Waals surface area (Å²) in [4.78, 5) is 70.0. The Kier molecular flexibility index (Phi) is 24.4. The third kappa shape index (κ3) is 17.2. The molecule has 0 spiro atoms. The Hall–Kier alpha value is -2.78. The van der Waals surface area contributed by atoms with Gasteiger partial charge in [-0.1, -0.05) is 53.4 Å². The molecule has 0 aromatic heterocycles. The number of hydrogen-bond donors (Lipinski definition) is 2. The van der Waals surface area contributed by atoms with Gasteiger partial charge in [0.25, 0.3) is 0 Å². The van der Waals surface area contributed by atoms with Gasteiger partial charge in [-0.3, -0.25) is 28.8 Å². The Labute approximate surface area is 252 Å². The van der Waals surface area contributed by atoms with E-state index in [0.29, 0.717) is 83.7 Å². The van der Waals surface area contributed by atoms with Crippen molar-refractivity contribution >= 4 is 35.4 Å². The molecule has 0 aliphatic rings. The molecule has 10 nitrogen and oxygen atoms in total. The molecule has 0 radical (unpaired) electrons. The standard InChI is InChI=1S/C24H42O7.C8H14O3/c1-5-13-20(25)24(23(30)31-8-4,16-11-9-14-18(6-2)21(26)27)17-12-10-15-19(7-3)22(28)29;1-3-5-7(9)6-8(10)11-4-2/h18-19H,5-17H2,1-4H3,(H,26,27)(H,28,29);3-6H2,1-2H3. The first kappa shape index (κ1) is 41.4. The van der Waals surface area contributed by atoms with E-state index in [2.05, 4.69) is 4.74 Å². The van der Waals surface area contributed by atoms with Crippen LogP contribution in [0.3, 0.4) is 0 Å². The molecular formula is C32H56O10. The summed E-state index contributed by atoms with van der Waals surface area (Å²) in [6.07, 6.45) is 7.34. The van der Waals surface area contributed by atoms with E-state index < -0.39 is 41.1 Å². The minimum absolute atomic E-state index is 0.0362. The van der Waals surface area contributed by atoms with Crippen molar-refractivity contribution in [3.8, 4) is 0 Å².